The maximum atomic E-state index is 13.4. The molecule has 4 heteroatoms. The van der Waals surface area contributed by atoms with Crippen LogP contribution in [0.4, 0.5) is 0 Å². The number of allylic oxidation sites excluding steroid dienone is 5. The predicted molar refractivity (Wildman–Crippen MR) is 112 cm³/mol. The Bertz CT molecular complexity index is 1130. The van der Waals surface area contributed by atoms with Gasteiger partial charge in [0.1, 0.15) is 0 Å². The number of hydrogen-bond donors (Lipinski definition) is 0. The minimum atomic E-state index is -0.313. The topological polar surface area (TPSA) is 54.5 Å². The summed E-state index contributed by atoms with van der Waals surface area (Å²) >= 11 is 0. The molecule has 2 aromatic rings. The number of ketones is 3. The third-order valence-corrected chi connectivity index (χ3v) is 4.99. The molecule has 2 aliphatic rings. The van der Waals surface area contributed by atoms with E-state index in [0.717, 1.165) is 16.8 Å². The van der Waals surface area contributed by atoms with E-state index in [0.29, 0.717) is 16.8 Å². The van der Waals surface area contributed by atoms with Gasteiger partial charge in [0, 0.05) is 6.20 Å². The van der Waals surface area contributed by atoms with Gasteiger partial charge >= 0.3 is 0 Å². The predicted octanol–water partition coefficient (Wildman–Crippen LogP) is 4.33. The molecule has 0 fully saturated rings. The van der Waals surface area contributed by atoms with E-state index in [9.17, 15) is 14.4 Å². The molecule has 0 N–H and O–H groups in total. The van der Waals surface area contributed by atoms with Crippen molar-refractivity contribution in [3.05, 3.63) is 107 Å². The third kappa shape index (κ3) is 3.19. The van der Waals surface area contributed by atoms with Crippen molar-refractivity contribution in [3.8, 4) is 0 Å². The Kier molecular flexibility index (Phi) is 4.69. The highest BCUT2D eigenvalue weighted by molar-refractivity contribution is 6.38. The van der Waals surface area contributed by atoms with Crippen LogP contribution in [-0.2, 0) is 14.4 Å². The highest BCUT2D eigenvalue weighted by Gasteiger charge is 2.37. The van der Waals surface area contributed by atoms with Gasteiger partial charge in [-0.25, -0.2) is 0 Å². The Morgan fingerprint density at radius 2 is 1.34 bits per heavy atom. The summed E-state index contributed by atoms with van der Waals surface area (Å²) in [5, 5.41) is 0. The van der Waals surface area contributed by atoms with Gasteiger partial charge < -0.3 is 4.90 Å². The lowest BCUT2D eigenvalue weighted by Crippen LogP contribution is -2.18. The number of hydrogen-bond acceptors (Lipinski definition) is 4. The van der Waals surface area contributed by atoms with Gasteiger partial charge in [-0.05, 0) is 42.7 Å². The fraction of sp³-hybridized carbons (Fsp3) is 0.0800. The monoisotopic (exact) mass is 381 g/mol. The standard InChI is InChI=1S/C25H19NO3/c1-16(27)22(17(2)28)20-13-14-26-21(15-20)25(29)23(18-9-5-3-6-10-18)24(26)19-11-7-4-8-12-19/h3-15H,1-2H3. The number of carbonyl (C=O) groups excluding carboxylic acids is 3. The van der Waals surface area contributed by atoms with Crippen LogP contribution >= 0.6 is 0 Å². The summed E-state index contributed by atoms with van der Waals surface area (Å²) in [5.74, 6) is -0.761. The molecule has 0 atom stereocenters. The van der Waals surface area contributed by atoms with E-state index in [2.05, 4.69) is 0 Å². The molecule has 2 aromatic carbocycles. The molecule has 4 rings (SSSR count). The van der Waals surface area contributed by atoms with Crippen LogP contribution < -0.4 is 0 Å². The smallest absolute Gasteiger partial charge is 0.212 e. The minimum Gasteiger partial charge on any atom is -0.312 e. The Morgan fingerprint density at radius 3 is 1.90 bits per heavy atom. The zero-order chi connectivity index (χ0) is 20.5. The highest BCUT2D eigenvalue weighted by Crippen LogP contribution is 2.43. The first kappa shape index (κ1) is 18.6. The second-order valence-electron chi connectivity index (χ2n) is 6.94. The first-order chi connectivity index (χ1) is 14.0. The molecule has 0 radical (unpaired) electrons. The van der Waals surface area contributed by atoms with Crippen molar-refractivity contribution in [2.45, 2.75) is 13.8 Å². The third-order valence-electron chi connectivity index (χ3n) is 4.99. The number of fused-ring (bicyclic) bond motifs is 1. The molecule has 4 nitrogen and oxygen atoms in total. The lowest BCUT2D eigenvalue weighted by atomic mass is 9.96. The van der Waals surface area contributed by atoms with Gasteiger partial charge in [0.2, 0.25) is 5.78 Å². The van der Waals surface area contributed by atoms with Crippen molar-refractivity contribution in [1.29, 1.82) is 0 Å². The van der Waals surface area contributed by atoms with Crippen molar-refractivity contribution >= 4 is 28.6 Å². The van der Waals surface area contributed by atoms with E-state index in [-0.39, 0.29) is 22.9 Å². The minimum absolute atomic E-state index is 0.107. The molecule has 0 aliphatic carbocycles. The molecule has 142 valence electrons. The number of benzene rings is 2. The molecule has 0 saturated carbocycles. The lowest BCUT2D eigenvalue weighted by Gasteiger charge is -2.23. The average Bonchev–Trinajstić information content (AvgIpc) is 3.01. The van der Waals surface area contributed by atoms with Crippen LogP contribution in [0.15, 0.2) is 95.9 Å². The summed E-state index contributed by atoms with van der Waals surface area (Å²) in [6.07, 6.45) is 5.11. The van der Waals surface area contributed by atoms with E-state index in [4.69, 9.17) is 0 Å². The first-order valence-corrected chi connectivity index (χ1v) is 9.34. The van der Waals surface area contributed by atoms with Gasteiger partial charge in [0.15, 0.2) is 11.6 Å². The van der Waals surface area contributed by atoms with Gasteiger partial charge in [-0.3, -0.25) is 14.4 Å². The Morgan fingerprint density at radius 1 is 0.793 bits per heavy atom. The highest BCUT2D eigenvalue weighted by atomic mass is 16.1. The van der Waals surface area contributed by atoms with E-state index in [1.807, 2.05) is 65.6 Å². The Labute approximate surface area is 169 Å². The Hall–Kier alpha value is -3.79. The van der Waals surface area contributed by atoms with Crippen LogP contribution in [0, 0.1) is 0 Å². The van der Waals surface area contributed by atoms with Crippen LogP contribution in [0.25, 0.3) is 11.3 Å². The molecule has 0 amide bonds. The zero-order valence-electron chi connectivity index (χ0n) is 16.2. The molecule has 0 spiro atoms. The second kappa shape index (κ2) is 7.32. The van der Waals surface area contributed by atoms with Gasteiger partial charge in [-0.15, -0.1) is 0 Å². The fourth-order valence-corrected chi connectivity index (χ4v) is 3.79. The maximum absolute atomic E-state index is 13.4. The molecule has 0 saturated heterocycles. The molecular weight excluding hydrogens is 362 g/mol. The Balaban J connectivity index is 1.94. The molecule has 0 aromatic heterocycles. The maximum Gasteiger partial charge on any atom is 0.212 e. The first-order valence-electron chi connectivity index (χ1n) is 9.34. The van der Waals surface area contributed by atoms with Gasteiger partial charge in [-0.1, -0.05) is 60.7 Å². The molecule has 2 heterocycles. The molecule has 2 aliphatic heterocycles. The normalized spacial score (nSPS) is 15.4. The van der Waals surface area contributed by atoms with Crippen molar-refractivity contribution in [2.75, 3.05) is 0 Å². The summed E-state index contributed by atoms with van der Waals surface area (Å²) in [6.45, 7) is 2.73. The van der Waals surface area contributed by atoms with Crippen molar-refractivity contribution in [3.63, 3.8) is 0 Å². The van der Waals surface area contributed by atoms with Gasteiger partial charge in [0.25, 0.3) is 0 Å². The van der Waals surface area contributed by atoms with Crippen LogP contribution in [0.1, 0.15) is 25.0 Å². The van der Waals surface area contributed by atoms with Crippen LogP contribution in [0.5, 0.6) is 0 Å². The lowest BCUT2D eigenvalue weighted by molar-refractivity contribution is -0.119. The molecular formula is C25H19NO3. The molecule has 29 heavy (non-hydrogen) atoms. The molecule has 0 bridgehead atoms. The average molecular weight is 381 g/mol. The van der Waals surface area contributed by atoms with E-state index >= 15 is 0 Å². The zero-order valence-corrected chi connectivity index (χ0v) is 16.2. The van der Waals surface area contributed by atoms with Crippen LogP contribution in [0.3, 0.4) is 0 Å². The summed E-state index contributed by atoms with van der Waals surface area (Å²) < 4.78 is 0. The summed E-state index contributed by atoms with van der Waals surface area (Å²) in [4.78, 5) is 39.2. The summed E-state index contributed by atoms with van der Waals surface area (Å²) in [6, 6.07) is 19.2. The van der Waals surface area contributed by atoms with Crippen molar-refractivity contribution in [1.82, 2.24) is 4.90 Å². The van der Waals surface area contributed by atoms with Gasteiger partial charge in [0.05, 0.1) is 22.5 Å². The number of rotatable bonds is 4. The van der Waals surface area contributed by atoms with E-state index in [1.54, 1.807) is 18.4 Å². The summed E-state index contributed by atoms with van der Waals surface area (Å²) in [5.41, 5.74) is 4.13. The van der Waals surface area contributed by atoms with Crippen LogP contribution in [0.2, 0.25) is 0 Å². The fourth-order valence-electron chi connectivity index (χ4n) is 3.79. The summed E-state index contributed by atoms with van der Waals surface area (Å²) in [7, 11) is 0. The number of carbonyl (C=O) groups is 3. The largest absolute Gasteiger partial charge is 0.312 e. The number of nitrogens with zero attached hydrogens (tertiary/aromatic N) is 1. The molecule has 0 unspecified atom stereocenters. The van der Waals surface area contributed by atoms with E-state index in [1.165, 1.54) is 13.8 Å². The van der Waals surface area contributed by atoms with Crippen molar-refractivity contribution < 1.29 is 14.4 Å². The number of Topliss-reactive ketones (excluding diaryl/α,β-unsaturated/α-hetero) is 3. The van der Waals surface area contributed by atoms with Crippen molar-refractivity contribution in [2.24, 2.45) is 0 Å². The quantitative estimate of drug-likeness (QED) is 0.449. The SMILES string of the molecule is CC(=O)C(C(C)=O)=C1C=CN2C(=C1)C(=O)C(c1ccccc1)=C2c1ccccc1. The van der Waals surface area contributed by atoms with Gasteiger partial charge in [-0.2, -0.15) is 0 Å². The van der Waals surface area contributed by atoms with E-state index < -0.39 is 0 Å². The van der Waals surface area contributed by atoms with Crippen LogP contribution in [-0.4, -0.2) is 22.2 Å². The second-order valence-corrected chi connectivity index (χ2v) is 6.94.